The fourth-order valence-corrected chi connectivity index (χ4v) is 4.91. The van der Waals surface area contributed by atoms with E-state index in [-0.39, 0.29) is 27.5 Å². The third-order valence-electron chi connectivity index (χ3n) is 4.65. The molecule has 0 heterocycles. The molecular formula is C22H29NO4S. The standard InChI is InChI=1S/C22H29NO4S/c1-13(2)19-12-18(8-9-20(19)27-7)28(25,26)21-15(5)10-17(11-16(21)6)23-22(24)14(3)4/h8-14H,1-7H3,(H,23,24). The molecule has 0 unspecified atom stereocenters. The molecule has 2 rings (SSSR count). The van der Waals surface area contributed by atoms with Crippen LogP contribution in [-0.2, 0) is 14.6 Å². The maximum Gasteiger partial charge on any atom is 0.226 e. The normalized spacial score (nSPS) is 11.8. The van der Waals surface area contributed by atoms with Crippen molar-refractivity contribution >= 4 is 21.4 Å². The van der Waals surface area contributed by atoms with Crippen molar-refractivity contribution in [3.8, 4) is 5.75 Å². The predicted molar refractivity (Wildman–Crippen MR) is 112 cm³/mol. The second-order valence-electron chi connectivity index (χ2n) is 7.65. The summed E-state index contributed by atoms with van der Waals surface area (Å²) in [6.45, 7) is 11.1. The summed E-state index contributed by atoms with van der Waals surface area (Å²) in [4.78, 5) is 12.5. The molecule has 0 aromatic heterocycles. The molecule has 2 aromatic carbocycles. The number of anilines is 1. The van der Waals surface area contributed by atoms with Gasteiger partial charge in [-0.1, -0.05) is 27.7 Å². The molecule has 152 valence electrons. The first kappa shape index (κ1) is 22.0. The van der Waals surface area contributed by atoms with E-state index in [2.05, 4.69) is 5.32 Å². The molecule has 1 N–H and O–H groups in total. The topological polar surface area (TPSA) is 72.5 Å². The number of nitrogens with one attached hydrogen (secondary N) is 1. The van der Waals surface area contributed by atoms with Crippen molar-refractivity contribution in [1.82, 2.24) is 0 Å². The molecule has 0 atom stereocenters. The van der Waals surface area contributed by atoms with E-state index in [1.54, 1.807) is 51.3 Å². The number of methoxy groups -OCH3 is 1. The molecule has 0 radical (unpaired) electrons. The first-order valence-electron chi connectivity index (χ1n) is 9.34. The molecule has 0 aliphatic rings. The highest BCUT2D eigenvalue weighted by molar-refractivity contribution is 7.91. The number of carbonyl (C=O) groups is 1. The highest BCUT2D eigenvalue weighted by atomic mass is 32.2. The summed E-state index contributed by atoms with van der Waals surface area (Å²) in [5.74, 6) is 0.541. The minimum atomic E-state index is -3.71. The molecule has 0 fully saturated rings. The van der Waals surface area contributed by atoms with Crippen molar-refractivity contribution < 1.29 is 17.9 Å². The lowest BCUT2D eigenvalue weighted by Crippen LogP contribution is -2.18. The first-order valence-corrected chi connectivity index (χ1v) is 10.8. The van der Waals surface area contributed by atoms with Crippen molar-refractivity contribution in [3.63, 3.8) is 0 Å². The van der Waals surface area contributed by atoms with Gasteiger partial charge in [0, 0.05) is 11.6 Å². The van der Waals surface area contributed by atoms with Gasteiger partial charge in [-0.25, -0.2) is 8.42 Å². The van der Waals surface area contributed by atoms with Crippen molar-refractivity contribution in [2.75, 3.05) is 12.4 Å². The monoisotopic (exact) mass is 403 g/mol. The Balaban J connectivity index is 2.55. The van der Waals surface area contributed by atoms with E-state index in [4.69, 9.17) is 4.74 Å². The molecule has 0 aliphatic heterocycles. The zero-order chi connectivity index (χ0) is 21.2. The number of amides is 1. The predicted octanol–water partition coefficient (Wildman–Crippen LogP) is 4.86. The highest BCUT2D eigenvalue weighted by Gasteiger charge is 2.25. The third kappa shape index (κ3) is 4.38. The Morgan fingerprint density at radius 3 is 2.04 bits per heavy atom. The Labute approximate surface area is 168 Å². The molecule has 6 heteroatoms. The van der Waals surface area contributed by atoms with E-state index < -0.39 is 9.84 Å². The van der Waals surface area contributed by atoms with Gasteiger partial charge in [0.15, 0.2) is 0 Å². The maximum absolute atomic E-state index is 13.4. The zero-order valence-corrected chi connectivity index (χ0v) is 18.4. The second-order valence-corrected chi connectivity index (χ2v) is 9.53. The summed E-state index contributed by atoms with van der Waals surface area (Å²) in [7, 11) is -2.13. The molecule has 28 heavy (non-hydrogen) atoms. The average Bonchev–Trinajstić information content (AvgIpc) is 2.59. The Morgan fingerprint density at radius 2 is 1.57 bits per heavy atom. The lowest BCUT2D eigenvalue weighted by atomic mass is 10.0. The molecule has 0 bridgehead atoms. The first-order chi connectivity index (χ1) is 13.0. The van der Waals surface area contributed by atoms with Gasteiger partial charge in [0.05, 0.1) is 16.9 Å². The van der Waals surface area contributed by atoms with E-state index in [1.165, 1.54) is 0 Å². The van der Waals surface area contributed by atoms with Gasteiger partial charge in [0.25, 0.3) is 0 Å². The van der Waals surface area contributed by atoms with Gasteiger partial charge >= 0.3 is 0 Å². The van der Waals surface area contributed by atoms with Gasteiger partial charge in [-0.2, -0.15) is 0 Å². The Hall–Kier alpha value is -2.34. The van der Waals surface area contributed by atoms with Crippen LogP contribution in [0.4, 0.5) is 5.69 Å². The number of benzene rings is 2. The summed E-state index contributed by atoms with van der Waals surface area (Å²) in [6, 6.07) is 8.36. The summed E-state index contributed by atoms with van der Waals surface area (Å²) >= 11 is 0. The minimum Gasteiger partial charge on any atom is -0.496 e. The van der Waals surface area contributed by atoms with Gasteiger partial charge < -0.3 is 10.1 Å². The van der Waals surface area contributed by atoms with E-state index in [1.807, 2.05) is 27.7 Å². The van der Waals surface area contributed by atoms with E-state index in [9.17, 15) is 13.2 Å². The summed E-state index contributed by atoms with van der Waals surface area (Å²) in [5, 5.41) is 2.83. The molecule has 5 nitrogen and oxygen atoms in total. The van der Waals surface area contributed by atoms with E-state index >= 15 is 0 Å². The van der Waals surface area contributed by atoms with Crippen LogP contribution in [0.15, 0.2) is 40.1 Å². The summed E-state index contributed by atoms with van der Waals surface area (Å²) in [6.07, 6.45) is 0. The number of aryl methyl sites for hydroxylation is 2. The number of sulfone groups is 1. The van der Waals surface area contributed by atoms with Crippen molar-refractivity contribution in [3.05, 3.63) is 47.0 Å². The molecular weight excluding hydrogens is 374 g/mol. The van der Waals surface area contributed by atoms with Crippen molar-refractivity contribution in [2.24, 2.45) is 5.92 Å². The Bertz CT molecular complexity index is 969. The SMILES string of the molecule is COc1ccc(S(=O)(=O)c2c(C)cc(NC(=O)C(C)C)cc2C)cc1C(C)C. The van der Waals surface area contributed by atoms with Crippen LogP contribution in [0.3, 0.4) is 0 Å². The van der Waals surface area contributed by atoms with Gasteiger partial charge in [-0.05, 0) is 66.8 Å². The van der Waals surface area contributed by atoms with Gasteiger partial charge in [0.1, 0.15) is 5.75 Å². The molecule has 1 amide bonds. The number of hydrogen-bond donors (Lipinski definition) is 1. The average molecular weight is 404 g/mol. The fourth-order valence-electron chi connectivity index (χ4n) is 3.18. The molecule has 0 saturated heterocycles. The molecule has 2 aromatic rings. The summed E-state index contributed by atoms with van der Waals surface area (Å²) in [5.41, 5.74) is 2.65. The van der Waals surface area contributed by atoms with Crippen LogP contribution >= 0.6 is 0 Å². The van der Waals surface area contributed by atoms with Crippen molar-refractivity contribution in [2.45, 2.75) is 57.3 Å². The smallest absolute Gasteiger partial charge is 0.226 e. The third-order valence-corrected chi connectivity index (χ3v) is 6.71. The highest BCUT2D eigenvalue weighted by Crippen LogP contribution is 2.34. The van der Waals surface area contributed by atoms with Gasteiger partial charge in [-0.15, -0.1) is 0 Å². The number of ether oxygens (including phenoxy) is 1. The minimum absolute atomic E-state index is 0.105. The van der Waals surface area contributed by atoms with Crippen LogP contribution < -0.4 is 10.1 Å². The van der Waals surface area contributed by atoms with E-state index in [0.29, 0.717) is 22.6 Å². The molecule has 0 saturated carbocycles. The number of hydrogen-bond acceptors (Lipinski definition) is 4. The number of rotatable bonds is 6. The molecule has 0 spiro atoms. The van der Waals surface area contributed by atoms with Crippen LogP contribution in [0.5, 0.6) is 5.75 Å². The Morgan fingerprint density at radius 1 is 1.00 bits per heavy atom. The Kier molecular flexibility index (Phi) is 6.55. The zero-order valence-electron chi connectivity index (χ0n) is 17.6. The fraction of sp³-hybridized carbons (Fsp3) is 0.409. The van der Waals surface area contributed by atoms with Crippen LogP contribution in [0, 0.1) is 19.8 Å². The van der Waals surface area contributed by atoms with Crippen molar-refractivity contribution in [1.29, 1.82) is 0 Å². The maximum atomic E-state index is 13.4. The lowest BCUT2D eigenvalue weighted by molar-refractivity contribution is -0.118. The van der Waals surface area contributed by atoms with Crippen LogP contribution in [0.1, 0.15) is 50.3 Å². The van der Waals surface area contributed by atoms with Crippen LogP contribution in [0.2, 0.25) is 0 Å². The second kappa shape index (κ2) is 8.35. The molecule has 0 aliphatic carbocycles. The lowest BCUT2D eigenvalue weighted by Gasteiger charge is -2.17. The quantitative estimate of drug-likeness (QED) is 0.747. The summed E-state index contributed by atoms with van der Waals surface area (Å²) < 4.78 is 32.1. The van der Waals surface area contributed by atoms with Gasteiger partial charge in [-0.3, -0.25) is 4.79 Å². The van der Waals surface area contributed by atoms with Gasteiger partial charge in [0.2, 0.25) is 15.7 Å². The van der Waals surface area contributed by atoms with E-state index in [0.717, 1.165) is 5.56 Å². The largest absolute Gasteiger partial charge is 0.496 e. The van der Waals surface area contributed by atoms with Crippen LogP contribution in [-0.4, -0.2) is 21.4 Å². The number of carbonyl (C=O) groups excluding carboxylic acids is 1. The van der Waals surface area contributed by atoms with Crippen LogP contribution in [0.25, 0.3) is 0 Å².